The molecule has 1 atom stereocenters. The Morgan fingerprint density at radius 3 is 2.81 bits per heavy atom. The summed E-state index contributed by atoms with van der Waals surface area (Å²) in [5, 5.41) is 15.2. The molecule has 21 heavy (non-hydrogen) atoms. The average Bonchev–Trinajstić information content (AvgIpc) is 2.96. The minimum absolute atomic E-state index is 0.235. The highest BCUT2D eigenvalue weighted by Crippen LogP contribution is 2.37. The molecular weight excluding hydrogens is 348 g/mol. The molecule has 2 aromatic heterocycles. The van der Waals surface area contributed by atoms with Gasteiger partial charge in [0.2, 0.25) is 0 Å². The van der Waals surface area contributed by atoms with E-state index in [0.29, 0.717) is 0 Å². The molecule has 0 aromatic carbocycles. The summed E-state index contributed by atoms with van der Waals surface area (Å²) in [4.78, 5) is 2.51. The van der Waals surface area contributed by atoms with Crippen LogP contribution in [-0.2, 0) is 12.8 Å². The number of aryl methyl sites for hydroxylation is 2. The van der Waals surface area contributed by atoms with Gasteiger partial charge in [-0.15, -0.1) is 11.3 Å². The number of nitrogens with zero attached hydrogens (tertiary/aromatic N) is 2. The zero-order valence-electron chi connectivity index (χ0n) is 12.5. The molecule has 0 amide bonds. The molecule has 0 aliphatic heterocycles. The van der Waals surface area contributed by atoms with E-state index >= 15 is 0 Å². The number of aliphatic hydroxyl groups is 1. The molecule has 2 aromatic rings. The van der Waals surface area contributed by atoms with Crippen molar-refractivity contribution in [1.82, 2.24) is 9.78 Å². The Labute approximate surface area is 138 Å². The molecular formula is C16H21BrN2OS. The van der Waals surface area contributed by atoms with Crippen LogP contribution in [0.4, 0.5) is 0 Å². The summed E-state index contributed by atoms with van der Waals surface area (Å²) in [5.74, 6) is 0. The molecule has 1 unspecified atom stereocenters. The third kappa shape index (κ3) is 2.96. The van der Waals surface area contributed by atoms with Crippen LogP contribution in [0.25, 0.3) is 0 Å². The molecule has 3 rings (SSSR count). The fourth-order valence-electron chi connectivity index (χ4n) is 2.98. The van der Waals surface area contributed by atoms with E-state index in [2.05, 4.69) is 40.9 Å². The van der Waals surface area contributed by atoms with E-state index in [4.69, 9.17) is 0 Å². The predicted molar refractivity (Wildman–Crippen MR) is 90.0 cm³/mol. The van der Waals surface area contributed by atoms with Crippen molar-refractivity contribution in [3.8, 4) is 0 Å². The Hall–Kier alpha value is -0.650. The Bertz CT molecular complexity index is 609. The Morgan fingerprint density at radius 2 is 2.05 bits per heavy atom. The van der Waals surface area contributed by atoms with Crippen molar-refractivity contribution in [2.45, 2.75) is 58.1 Å². The minimum Gasteiger partial charge on any atom is -0.381 e. The quantitative estimate of drug-likeness (QED) is 0.801. The van der Waals surface area contributed by atoms with Crippen LogP contribution in [0, 0.1) is 0 Å². The second kappa shape index (κ2) is 6.23. The molecule has 0 spiro atoms. The van der Waals surface area contributed by atoms with Crippen molar-refractivity contribution < 1.29 is 5.11 Å². The minimum atomic E-state index is -0.596. The average molecular weight is 369 g/mol. The number of halogens is 1. The molecule has 5 heteroatoms. The van der Waals surface area contributed by atoms with Crippen LogP contribution in [0.15, 0.2) is 16.7 Å². The first-order chi connectivity index (χ1) is 10.1. The zero-order chi connectivity index (χ0) is 15.0. The largest absolute Gasteiger partial charge is 0.381 e. The van der Waals surface area contributed by atoms with Gasteiger partial charge in [0.05, 0.1) is 16.4 Å². The molecule has 114 valence electrons. The second-order valence-corrected chi connectivity index (χ2v) is 8.00. The van der Waals surface area contributed by atoms with E-state index in [0.717, 1.165) is 27.9 Å². The number of aliphatic hydroxyl groups excluding tert-OH is 1. The van der Waals surface area contributed by atoms with Gasteiger partial charge in [-0.3, -0.25) is 4.68 Å². The van der Waals surface area contributed by atoms with Crippen LogP contribution >= 0.6 is 27.3 Å². The molecule has 0 bridgehead atoms. The summed E-state index contributed by atoms with van der Waals surface area (Å²) in [6.45, 7) is 4.17. The predicted octanol–water partition coefficient (Wildman–Crippen LogP) is 4.64. The lowest BCUT2D eigenvalue weighted by Crippen LogP contribution is -2.12. The number of hydrogen-bond acceptors (Lipinski definition) is 3. The van der Waals surface area contributed by atoms with Gasteiger partial charge in [0, 0.05) is 15.8 Å². The fourth-order valence-corrected chi connectivity index (χ4v) is 4.72. The Morgan fingerprint density at radius 1 is 1.29 bits per heavy atom. The Kier molecular flexibility index (Phi) is 4.52. The van der Waals surface area contributed by atoms with Gasteiger partial charge in [0.25, 0.3) is 0 Å². The zero-order valence-corrected chi connectivity index (χ0v) is 14.9. The fraction of sp³-hybridized carbons (Fsp3) is 0.562. The summed E-state index contributed by atoms with van der Waals surface area (Å²) in [6.07, 6.45) is 7.37. The molecule has 3 nitrogen and oxygen atoms in total. The van der Waals surface area contributed by atoms with Crippen molar-refractivity contribution in [2.24, 2.45) is 0 Å². The molecule has 0 saturated heterocycles. The standard InChI is InChI=1S/C16H21BrN2OS/c1-10(2)19-15(12(17)9-18-19)16(20)14-8-11-6-4-3-5-7-13(11)21-14/h8-10,16,20H,3-7H2,1-2H3. The lowest BCUT2D eigenvalue weighted by Gasteiger charge is -2.15. The van der Waals surface area contributed by atoms with Gasteiger partial charge in [-0.25, -0.2) is 0 Å². The molecule has 0 saturated carbocycles. The second-order valence-electron chi connectivity index (χ2n) is 5.98. The third-order valence-electron chi connectivity index (χ3n) is 4.07. The highest BCUT2D eigenvalue weighted by molar-refractivity contribution is 9.10. The van der Waals surface area contributed by atoms with Gasteiger partial charge < -0.3 is 5.11 Å². The van der Waals surface area contributed by atoms with Gasteiger partial charge in [-0.2, -0.15) is 5.10 Å². The maximum atomic E-state index is 10.8. The van der Waals surface area contributed by atoms with Crippen LogP contribution in [0.5, 0.6) is 0 Å². The van der Waals surface area contributed by atoms with Crippen LogP contribution in [0.3, 0.4) is 0 Å². The first-order valence-electron chi connectivity index (χ1n) is 7.60. The van der Waals surface area contributed by atoms with E-state index in [9.17, 15) is 5.11 Å². The van der Waals surface area contributed by atoms with E-state index in [-0.39, 0.29) is 6.04 Å². The van der Waals surface area contributed by atoms with Crippen molar-refractivity contribution in [3.63, 3.8) is 0 Å². The van der Waals surface area contributed by atoms with Crippen LogP contribution in [0.2, 0.25) is 0 Å². The summed E-state index contributed by atoms with van der Waals surface area (Å²) < 4.78 is 2.78. The van der Waals surface area contributed by atoms with Gasteiger partial charge in [-0.05, 0) is 67.1 Å². The Balaban J connectivity index is 1.96. The molecule has 1 N–H and O–H groups in total. The third-order valence-corrected chi connectivity index (χ3v) is 5.97. The van der Waals surface area contributed by atoms with Crippen molar-refractivity contribution in [3.05, 3.63) is 37.7 Å². The van der Waals surface area contributed by atoms with Gasteiger partial charge >= 0.3 is 0 Å². The van der Waals surface area contributed by atoms with E-state index in [1.54, 1.807) is 17.5 Å². The molecule has 1 aliphatic carbocycles. The van der Waals surface area contributed by atoms with Gasteiger partial charge in [0.15, 0.2) is 0 Å². The van der Waals surface area contributed by atoms with Crippen LogP contribution < -0.4 is 0 Å². The van der Waals surface area contributed by atoms with E-state index in [1.165, 1.54) is 29.7 Å². The lowest BCUT2D eigenvalue weighted by molar-refractivity contribution is 0.208. The summed E-state index contributed by atoms with van der Waals surface area (Å²) in [5.41, 5.74) is 2.31. The molecule has 2 heterocycles. The smallest absolute Gasteiger partial charge is 0.131 e. The molecule has 0 fully saturated rings. The normalized spacial score (nSPS) is 16.8. The SMILES string of the molecule is CC(C)n1ncc(Br)c1C(O)c1cc2c(s1)CCCCC2. The van der Waals surface area contributed by atoms with Gasteiger partial charge in [-0.1, -0.05) is 6.42 Å². The topological polar surface area (TPSA) is 38.0 Å². The molecule has 0 radical (unpaired) electrons. The van der Waals surface area contributed by atoms with E-state index < -0.39 is 6.10 Å². The first-order valence-corrected chi connectivity index (χ1v) is 9.21. The first kappa shape index (κ1) is 15.3. The summed E-state index contributed by atoms with van der Waals surface area (Å²) in [6, 6.07) is 2.44. The van der Waals surface area contributed by atoms with Crippen molar-refractivity contribution in [1.29, 1.82) is 0 Å². The lowest BCUT2D eigenvalue weighted by atomic mass is 10.1. The number of aromatic nitrogens is 2. The van der Waals surface area contributed by atoms with Crippen LogP contribution in [0.1, 0.15) is 66.3 Å². The maximum absolute atomic E-state index is 10.8. The molecule has 1 aliphatic rings. The van der Waals surface area contributed by atoms with Crippen molar-refractivity contribution >= 4 is 27.3 Å². The number of thiophene rings is 1. The maximum Gasteiger partial charge on any atom is 0.131 e. The van der Waals surface area contributed by atoms with Crippen LogP contribution in [-0.4, -0.2) is 14.9 Å². The number of fused-ring (bicyclic) bond motifs is 1. The monoisotopic (exact) mass is 368 g/mol. The summed E-state index contributed by atoms with van der Waals surface area (Å²) >= 11 is 5.30. The summed E-state index contributed by atoms with van der Waals surface area (Å²) in [7, 11) is 0. The van der Waals surface area contributed by atoms with Gasteiger partial charge in [0.1, 0.15) is 6.10 Å². The number of hydrogen-bond donors (Lipinski definition) is 1. The highest BCUT2D eigenvalue weighted by atomic mass is 79.9. The van der Waals surface area contributed by atoms with Crippen molar-refractivity contribution in [2.75, 3.05) is 0 Å². The highest BCUT2D eigenvalue weighted by Gasteiger charge is 2.24. The van der Waals surface area contributed by atoms with E-state index in [1.807, 2.05) is 4.68 Å². The number of rotatable bonds is 3.